The zero-order valence-electron chi connectivity index (χ0n) is 19.4. The van der Waals surface area contributed by atoms with Gasteiger partial charge in [0.15, 0.2) is 0 Å². The van der Waals surface area contributed by atoms with Gasteiger partial charge in [-0.3, -0.25) is 4.79 Å². The Morgan fingerprint density at radius 3 is 2.64 bits per heavy atom. The summed E-state index contributed by atoms with van der Waals surface area (Å²) in [5.41, 5.74) is 5.10. The molecule has 1 aromatic heterocycles. The highest BCUT2D eigenvalue weighted by Gasteiger charge is 2.11. The monoisotopic (exact) mass is 441 g/mol. The smallest absolute Gasteiger partial charge is 0.251 e. The SMILES string of the molecule is Cc1cccc(C(=O)NCCCc2nc3ccccc3n2CCCOc2ccccc2C)c1. The van der Waals surface area contributed by atoms with Gasteiger partial charge < -0.3 is 14.6 Å². The number of nitrogens with zero attached hydrogens (tertiary/aromatic N) is 2. The van der Waals surface area contributed by atoms with Crippen molar-refractivity contribution in [2.24, 2.45) is 0 Å². The summed E-state index contributed by atoms with van der Waals surface area (Å²) >= 11 is 0. The molecule has 1 N–H and O–H groups in total. The number of ether oxygens (including phenoxy) is 1. The molecule has 4 rings (SSSR count). The fourth-order valence-electron chi connectivity index (χ4n) is 4.03. The third kappa shape index (κ3) is 5.80. The molecule has 1 heterocycles. The Labute approximate surface area is 195 Å². The van der Waals surface area contributed by atoms with Crippen LogP contribution in [-0.2, 0) is 13.0 Å². The number of carbonyl (C=O) groups excluding carboxylic acids is 1. The molecule has 3 aromatic carbocycles. The van der Waals surface area contributed by atoms with Gasteiger partial charge in [0.25, 0.3) is 5.91 Å². The van der Waals surface area contributed by atoms with Crippen LogP contribution < -0.4 is 10.1 Å². The average molecular weight is 442 g/mol. The van der Waals surface area contributed by atoms with E-state index in [-0.39, 0.29) is 5.91 Å². The van der Waals surface area contributed by atoms with Gasteiger partial charge in [-0.05, 0) is 62.6 Å². The number of amides is 1. The van der Waals surface area contributed by atoms with E-state index in [4.69, 9.17) is 9.72 Å². The molecule has 0 spiro atoms. The minimum absolute atomic E-state index is 0.0273. The van der Waals surface area contributed by atoms with Gasteiger partial charge in [-0.25, -0.2) is 4.98 Å². The number of rotatable bonds is 10. The van der Waals surface area contributed by atoms with E-state index in [1.54, 1.807) is 0 Å². The Balaban J connectivity index is 1.33. The normalized spacial score (nSPS) is 11.0. The summed E-state index contributed by atoms with van der Waals surface area (Å²) < 4.78 is 8.27. The van der Waals surface area contributed by atoms with E-state index in [1.165, 1.54) is 0 Å². The Kier molecular flexibility index (Phi) is 7.40. The van der Waals surface area contributed by atoms with Crippen LogP contribution in [0.4, 0.5) is 0 Å². The van der Waals surface area contributed by atoms with Crippen LogP contribution in [0.5, 0.6) is 5.75 Å². The molecule has 0 bridgehead atoms. The van der Waals surface area contributed by atoms with Crippen LogP contribution >= 0.6 is 0 Å². The van der Waals surface area contributed by atoms with E-state index in [9.17, 15) is 4.79 Å². The summed E-state index contributed by atoms with van der Waals surface area (Å²) in [6.45, 7) is 6.18. The Morgan fingerprint density at radius 2 is 1.79 bits per heavy atom. The van der Waals surface area contributed by atoms with Crippen LogP contribution in [0.2, 0.25) is 0 Å². The van der Waals surface area contributed by atoms with Crippen molar-refractivity contribution < 1.29 is 9.53 Å². The number of carbonyl (C=O) groups is 1. The predicted molar refractivity (Wildman–Crippen MR) is 133 cm³/mol. The lowest BCUT2D eigenvalue weighted by molar-refractivity contribution is 0.0953. The summed E-state index contributed by atoms with van der Waals surface area (Å²) in [5.74, 6) is 1.97. The van der Waals surface area contributed by atoms with Crippen LogP contribution in [0.3, 0.4) is 0 Å². The standard InChI is InChI=1S/C28H31N3O2/c1-21-10-7-12-23(20-21)28(32)29-17-8-16-27-30-24-13-4-5-14-25(24)31(27)18-9-19-33-26-15-6-3-11-22(26)2/h3-7,10-15,20H,8-9,16-19H2,1-2H3,(H,29,32). The second kappa shape index (κ2) is 10.8. The fraction of sp³-hybridized carbons (Fsp3) is 0.286. The second-order valence-corrected chi connectivity index (χ2v) is 8.36. The molecule has 0 atom stereocenters. The highest BCUT2D eigenvalue weighted by molar-refractivity contribution is 5.94. The van der Waals surface area contributed by atoms with Crippen LogP contribution in [0.15, 0.2) is 72.8 Å². The van der Waals surface area contributed by atoms with E-state index >= 15 is 0 Å². The molecule has 0 radical (unpaired) electrons. The number of aromatic nitrogens is 2. The first-order valence-electron chi connectivity index (χ1n) is 11.6. The lowest BCUT2D eigenvalue weighted by atomic mass is 10.1. The van der Waals surface area contributed by atoms with Gasteiger partial charge >= 0.3 is 0 Å². The molecular formula is C28H31N3O2. The number of hydrogen-bond acceptors (Lipinski definition) is 3. The average Bonchev–Trinajstić information content (AvgIpc) is 3.18. The zero-order chi connectivity index (χ0) is 23.0. The molecule has 0 aliphatic heterocycles. The maximum absolute atomic E-state index is 12.4. The quantitative estimate of drug-likeness (QED) is 0.331. The van der Waals surface area contributed by atoms with Gasteiger partial charge in [-0.2, -0.15) is 0 Å². The molecule has 170 valence electrons. The van der Waals surface area contributed by atoms with E-state index in [2.05, 4.69) is 41.1 Å². The first-order chi connectivity index (χ1) is 16.1. The summed E-state index contributed by atoms with van der Waals surface area (Å²) in [7, 11) is 0. The Morgan fingerprint density at radius 1 is 0.970 bits per heavy atom. The fourth-order valence-corrected chi connectivity index (χ4v) is 4.03. The number of aryl methyl sites for hydroxylation is 4. The van der Waals surface area contributed by atoms with Crippen LogP contribution in [0.1, 0.15) is 40.2 Å². The van der Waals surface area contributed by atoms with Gasteiger partial charge in [0.05, 0.1) is 17.6 Å². The lowest BCUT2D eigenvalue weighted by Gasteiger charge is -2.12. The summed E-state index contributed by atoms with van der Waals surface area (Å²) in [6.07, 6.45) is 2.54. The number of para-hydroxylation sites is 3. The molecule has 0 unspecified atom stereocenters. The van der Waals surface area contributed by atoms with Crippen molar-refractivity contribution in [2.45, 2.75) is 39.7 Å². The van der Waals surface area contributed by atoms with E-state index in [0.717, 1.165) is 59.5 Å². The van der Waals surface area contributed by atoms with Crippen LogP contribution in [0, 0.1) is 13.8 Å². The molecule has 0 aliphatic rings. The van der Waals surface area contributed by atoms with Crippen molar-refractivity contribution >= 4 is 16.9 Å². The summed E-state index contributed by atoms with van der Waals surface area (Å²) in [5, 5.41) is 3.03. The van der Waals surface area contributed by atoms with E-state index in [0.29, 0.717) is 18.7 Å². The number of imidazole rings is 1. The highest BCUT2D eigenvalue weighted by Crippen LogP contribution is 2.19. The molecule has 5 heteroatoms. The largest absolute Gasteiger partial charge is 0.493 e. The van der Waals surface area contributed by atoms with Gasteiger partial charge in [-0.15, -0.1) is 0 Å². The van der Waals surface area contributed by atoms with Gasteiger partial charge in [0, 0.05) is 25.1 Å². The topological polar surface area (TPSA) is 56.2 Å². The Bertz CT molecular complexity index is 1230. The van der Waals surface area contributed by atoms with Crippen LogP contribution in [-0.4, -0.2) is 28.6 Å². The number of hydrogen-bond donors (Lipinski definition) is 1. The second-order valence-electron chi connectivity index (χ2n) is 8.36. The third-order valence-corrected chi connectivity index (χ3v) is 5.75. The maximum Gasteiger partial charge on any atom is 0.251 e. The van der Waals surface area contributed by atoms with Crippen molar-refractivity contribution in [1.82, 2.24) is 14.9 Å². The van der Waals surface area contributed by atoms with E-state index < -0.39 is 0 Å². The summed E-state index contributed by atoms with van der Waals surface area (Å²) in [4.78, 5) is 17.2. The number of nitrogens with one attached hydrogen (secondary N) is 1. The molecule has 0 saturated carbocycles. The molecular weight excluding hydrogens is 410 g/mol. The minimum atomic E-state index is -0.0273. The number of fused-ring (bicyclic) bond motifs is 1. The Hall–Kier alpha value is -3.60. The third-order valence-electron chi connectivity index (χ3n) is 5.75. The minimum Gasteiger partial charge on any atom is -0.493 e. The predicted octanol–water partition coefficient (Wildman–Crippen LogP) is 5.48. The van der Waals surface area contributed by atoms with Crippen molar-refractivity contribution in [1.29, 1.82) is 0 Å². The van der Waals surface area contributed by atoms with Crippen molar-refractivity contribution in [3.05, 3.63) is 95.3 Å². The highest BCUT2D eigenvalue weighted by atomic mass is 16.5. The molecule has 0 aliphatic carbocycles. The molecule has 4 aromatic rings. The van der Waals surface area contributed by atoms with E-state index in [1.807, 2.05) is 55.5 Å². The molecule has 5 nitrogen and oxygen atoms in total. The molecule has 1 amide bonds. The first kappa shape index (κ1) is 22.6. The van der Waals surface area contributed by atoms with Crippen LogP contribution in [0.25, 0.3) is 11.0 Å². The lowest BCUT2D eigenvalue weighted by Crippen LogP contribution is -2.25. The van der Waals surface area contributed by atoms with Gasteiger partial charge in [0.2, 0.25) is 0 Å². The van der Waals surface area contributed by atoms with Crippen molar-refractivity contribution in [3.8, 4) is 5.75 Å². The maximum atomic E-state index is 12.4. The van der Waals surface area contributed by atoms with Gasteiger partial charge in [0.1, 0.15) is 11.6 Å². The number of benzene rings is 3. The van der Waals surface area contributed by atoms with Gasteiger partial charge in [-0.1, -0.05) is 48.0 Å². The summed E-state index contributed by atoms with van der Waals surface area (Å²) in [6, 6.07) is 24.0. The first-order valence-corrected chi connectivity index (χ1v) is 11.6. The van der Waals surface area contributed by atoms with Crippen molar-refractivity contribution in [3.63, 3.8) is 0 Å². The molecule has 0 fully saturated rings. The van der Waals surface area contributed by atoms with Crippen molar-refractivity contribution in [2.75, 3.05) is 13.2 Å². The molecule has 0 saturated heterocycles. The molecule has 33 heavy (non-hydrogen) atoms. The zero-order valence-corrected chi connectivity index (χ0v) is 19.4.